The molecule has 1 fully saturated rings. The number of aliphatic hydroxyl groups excluding tert-OH is 1. The van der Waals surface area contributed by atoms with Gasteiger partial charge in [-0.15, -0.1) is 5.12 Å². The summed E-state index contributed by atoms with van der Waals surface area (Å²) in [5.74, 6) is -0.952. The molecule has 1 aliphatic carbocycles. The van der Waals surface area contributed by atoms with Crippen LogP contribution in [0.1, 0.15) is 45.7 Å². The van der Waals surface area contributed by atoms with Crippen LogP contribution in [0.3, 0.4) is 0 Å². The molecule has 1 amide bonds. The van der Waals surface area contributed by atoms with Gasteiger partial charge in [-0.3, -0.25) is 14.5 Å². The zero-order valence-electron chi connectivity index (χ0n) is 22.6. The van der Waals surface area contributed by atoms with Crippen LogP contribution in [0.5, 0.6) is 0 Å². The molecule has 8 nitrogen and oxygen atoms in total. The lowest BCUT2D eigenvalue weighted by atomic mass is 9.86. The number of amides is 1. The van der Waals surface area contributed by atoms with Crippen LogP contribution in [0, 0.1) is 16.7 Å². The number of fused-ring (bicyclic) bond motifs is 1. The normalized spacial score (nSPS) is 19.4. The molecule has 1 unspecified atom stereocenters. The maximum absolute atomic E-state index is 16.5. The van der Waals surface area contributed by atoms with Crippen molar-refractivity contribution in [2.24, 2.45) is 12.5 Å². The summed E-state index contributed by atoms with van der Waals surface area (Å²) < 4.78 is 24.3. The van der Waals surface area contributed by atoms with Gasteiger partial charge < -0.3 is 9.84 Å². The Balaban J connectivity index is 1.53. The molecule has 0 spiro atoms. The van der Waals surface area contributed by atoms with Gasteiger partial charge in [-0.05, 0) is 59.9 Å². The number of aryl methyl sites for hydroxylation is 1. The van der Waals surface area contributed by atoms with Crippen LogP contribution in [0.15, 0.2) is 67.0 Å². The number of ether oxygens (including phenoxy) is 1. The Morgan fingerprint density at radius 3 is 2.45 bits per heavy atom. The summed E-state index contributed by atoms with van der Waals surface area (Å²) in [5.41, 5.74) is 0.308. The van der Waals surface area contributed by atoms with E-state index in [4.69, 9.17) is 27.9 Å². The topological polar surface area (TPSA) is 104 Å². The Kier molecular flexibility index (Phi) is 7.27. The largest absolute Gasteiger partial charge is 0.387 e. The third-order valence-corrected chi connectivity index (χ3v) is 8.44. The van der Waals surface area contributed by atoms with Crippen LogP contribution < -0.4 is 0 Å². The van der Waals surface area contributed by atoms with Crippen molar-refractivity contribution in [3.63, 3.8) is 0 Å². The van der Waals surface area contributed by atoms with Crippen molar-refractivity contribution in [2.75, 3.05) is 6.61 Å². The molecule has 4 aromatic rings. The summed E-state index contributed by atoms with van der Waals surface area (Å²) in [6.07, 6.45) is 2.93. The van der Waals surface area contributed by atoms with Gasteiger partial charge in [0.2, 0.25) is 5.72 Å². The number of hydrogen-bond donors (Lipinski definition) is 1. The van der Waals surface area contributed by atoms with Crippen LogP contribution >= 0.6 is 23.2 Å². The van der Waals surface area contributed by atoms with E-state index < -0.39 is 23.2 Å². The van der Waals surface area contributed by atoms with Gasteiger partial charge in [-0.25, -0.2) is 0 Å². The second kappa shape index (κ2) is 10.8. The number of carbonyl (C=O) groups excluding carboxylic acids is 1. The minimum absolute atomic E-state index is 0.0246. The summed E-state index contributed by atoms with van der Waals surface area (Å²) in [6, 6.07) is 17.9. The van der Waals surface area contributed by atoms with E-state index in [1.54, 1.807) is 60.4 Å². The van der Waals surface area contributed by atoms with Crippen molar-refractivity contribution in [3.8, 4) is 17.2 Å². The van der Waals surface area contributed by atoms with Crippen molar-refractivity contribution in [3.05, 3.63) is 105 Å². The molecule has 1 N–H and O–H groups in total. The first-order valence-corrected chi connectivity index (χ1v) is 14.2. The van der Waals surface area contributed by atoms with Gasteiger partial charge in [0, 0.05) is 48.6 Å². The predicted molar refractivity (Wildman–Crippen MR) is 154 cm³/mol. The summed E-state index contributed by atoms with van der Waals surface area (Å²) >= 11 is 12.2. The highest BCUT2D eigenvalue weighted by atomic mass is 35.5. The highest BCUT2D eigenvalue weighted by Crippen LogP contribution is 2.51. The Labute approximate surface area is 251 Å². The maximum atomic E-state index is 16.5. The van der Waals surface area contributed by atoms with Gasteiger partial charge in [0.1, 0.15) is 6.10 Å². The number of hydrogen-bond acceptors (Lipinski definition) is 6. The molecule has 2 aromatic carbocycles. The molecule has 0 bridgehead atoms. The molecule has 0 radical (unpaired) electrons. The van der Waals surface area contributed by atoms with Gasteiger partial charge in [0.25, 0.3) is 5.91 Å². The lowest BCUT2D eigenvalue weighted by Gasteiger charge is -2.37. The smallest absolute Gasteiger partial charge is 0.285 e. The first-order valence-electron chi connectivity index (χ1n) is 13.4. The van der Waals surface area contributed by atoms with Gasteiger partial charge in [0.05, 0.1) is 34.4 Å². The maximum Gasteiger partial charge on any atom is 0.285 e. The minimum Gasteiger partial charge on any atom is -0.387 e. The van der Waals surface area contributed by atoms with E-state index in [0.29, 0.717) is 45.4 Å². The monoisotopic (exact) mass is 605 g/mol. The molecule has 2 atom stereocenters. The molecule has 2 aliphatic rings. The van der Waals surface area contributed by atoms with Crippen LogP contribution in [0.4, 0.5) is 4.48 Å². The van der Waals surface area contributed by atoms with Crippen LogP contribution in [0.2, 0.25) is 10.0 Å². The standard InChI is InChI=1S/C31H26Cl2FN5O3/c1-38-13-10-23(37-38)15-27(40)31(42-18-30(17-35)11-12-30)26-9-8-24(19-2-4-20(32)5-3-19)25(28(26)29(41)39(31)34)14-22-7-6-21(33)16-36-22/h2-10,13,16,27,40H,11-12,14-15,18H2,1H3/t27?,31-/m1/s1. The predicted octanol–water partition coefficient (Wildman–Crippen LogP) is 5.80. The Morgan fingerprint density at radius 2 is 1.83 bits per heavy atom. The zero-order chi connectivity index (χ0) is 29.6. The van der Waals surface area contributed by atoms with E-state index in [1.165, 1.54) is 6.20 Å². The molecular weight excluding hydrogens is 580 g/mol. The third kappa shape index (κ3) is 4.95. The fourth-order valence-corrected chi connectivity index (χ4v) is 5.70. The number of carbonyl (C=O) groups is 1. The molecule has 0 saturated heterocycles. The molecule has 3 heterocycles. The van der Waals surface area contributed by atoms with Gasteiger partial charge in [-0.1, -0.05) is 51.9 Å². The van der Waals surface area contributed by atoms with Crippen LogP contribution in [0.25, 0.3) is 11.1 Å². The highest BCUT2D eigenvalue weighted by molar-refractivity contribution is 6.30. The number of aliphatic hydroxyl groups is 1. The number of pyridine rings is 1. The number of rotatable bonds is 9. The van der Waals surface area contributed by atoms with Gasteiger partial charge in [0.15, 0.2) is 0 Å². The number of nitrogens with zero attached hydrogens (tertiary/aromatic N) is 5. The van der Waals surface area contributed by atoms with E-state index in [0.717, 1.165) is 5.56 Å². The highest BCUT2D eigenvalue weighted by Gasteiger charge is 2.60. The van der Waals surface area contributed by atoms with E-state index in [9.17, 15) is 15.2 Å². The molecular formula is C31H26Cl2FN5O3. The Hall–Kier alpha value is -3.81. The molecule has 1 aliphatic heterocycles. The minimum atomic E-state index is -2.20. The van der Waals surface area contributed by atoms with Crippen molar-refractivity contribution in [1.29, 1.82) is 5.26 Å². The van der Waals surface area contributed by atoms with Crippen molar-refractivity contribution in [1.82, 2.24) is 19.9 Å². The fraction of sp³-hybridized carbons (Fsp3) is 0.290. The molecule has 214 valence electrons. The summed E-state index contributed by atoms with van der Waals surface area (Å²) in [7, 11) is 1.73. The summed E-state index contributed by atoms with van der Waals surface area (Å²) in [6.45, 7) is -0.150. The average Bonchev–Trinajstić information content (AvgIpc) is 3.60. The first-order chi connectivity index (χ1) is 20.2. The number of nitriles is 1. The molecule has 2 aromatic heterocycles. The first kappa shape index (κ1) is 28.3. The average molecular weight is 606 g/mol. The molecule has 42 heavy (non-hydrogen) atoms. The third-order valence-electron chi connectivity index (χ3n) is 7.97. The van der Waals surface area contributed by atoms with Crippen molar-refractivity contribution in [2.45, 2.75) is 37.5 Å². The van der Waals surface area contributed by atoms with E-state index in [-0.39, 0.29) is 35.7 Å². The lowest BCUT2D eigenvalue weighted by molar-refractivity contribution is -0.257. The van der Waals surface area contributed by atoms with Gasteiger partial charge >= 0.3 is 0 Å². The summed E-state index contributed by atoms with van der Waals surface area (Å²) in [4.78, 5) is 18.3. The zero-order valence-corrected chi connectivity index (χ0v) is 24.1. The SMILES string of the molecule is Cn1ccc(CC(O)[C@]2(OCC3(C#N)CC3)c3ccc(-c4ccc(Cl)cc4)c(Cc4ccc(Cl)cn4)c3C(=O)N2F)n1. The Bertz CT molecular complexity index is 1700. The number of benzene rings is 2. The number of aromatic nitrogens is 3. The second-order valence-corrected chi connectivity index (χ2v) is 11.7. The number of halogens is 3. The van der Waals surface area contributed by atoms with E-state index >= 15 is 4.48 Å². The van der Waals surface area contributed by atoms with Crippen molar-refractivity contribution >= 4 is 29.1 Å². The van der Waals surface area contributed by atoms with E-state index in [2.05, 4.69) is 16.2 Å². The Morgan fingerprint density at radius 1 is 1.10 bits per heavy atom. The molecule has 11 heteroatoms. The fourth-order valence-electron chi connectivity index (χ4n) is 5.46. The molecule has 6 rings (SSSR count). The molecule has 1 saturated carbocycles. The van der Waals surface area contributed by atoms with E-state index in [1.807, 2.05) is 12.1 Å². The summed E-state index contributed by atoms with van der Waals surface area (Å²) in [5, 5.41) is 26.7. The lowest BCUT2D eigenvalue weighted by Crippen LogP contribution is -2.52. The van der Waals surface area contributed by atoms with Crippen LogP contribution in [-0.2, 0) is 30.4 Å². The quantitative estimate of drug-likeness (QED) is 0.242. The van der Waals surface area contributed by atoms with Gasteiger partial charge in [-0.2, -0.15) is 10.4 Å². The van der Waals surface area contributed by atoms with Crippen LogP contribution in [-0.4, -0.2) is 43.6 Å². The van der Waals surface area contributed by atoms with Crippen molar-refractivity contribution < 1.29 is 19.1 Å². The second-order valence-electron chi connectivity index (χ2n) is 10.8.